The molecule has 0 aliphatic carbocycles. The van der Waals surface area contributed by atoms with Crippen LogP contribution in [0.15, 0.2) is 30.3 Å². The molecule has 0 bridgehead atoms. The largest absolute Gasteiger partial charge is 0.409 e. The van der Waals surface area contributed by atoms with Gasteiger partial charge >= 0.3 is 0 Å². The van der Waals surface area contributed by atoms with Crippen molar-refractivity contribution in [1.82, 2.24) is 0 Å². The normalized spacial score (nSPS) is 27.2. The molecule has 0 aromatic heterocycles. The van der Waals surface area contributed by atoms with Gasteiger partial charge in [-0.3, -0.25) is 0 Å². The van der Waals surface area contributed by atoms with Crippen molar-refractivity contribution in [1.29, 1.82) is 0 Å². The first-order valence-corrected chi connectivity index (χ1v) is 13.0. The Kier molecular flexibility index (Phi) is 7.41. The number of hydrogen-bond donors (Lipinski definition) is 1. The maximum absolute atomic E-state index is 10.9. The molecule has 1 heterocycles. The van der Waals surface area contributed by atoms with Crippen molar-refractivity contribution in [2.75, 3.05) is 13.7 Å². The fourth-order valence-electron chi connectivity index (χ4n) is 3.93. The van der Waals surface area contributed by atoms with Crippen LogP contribution in [0.2, 0.25) is 11.6 Å². The van der Waals surface area contributed by atoms with Crippen molar-refractivity contribution < 1.29 is 23.7 Å². The van der Waals surface area contributed by atoms with Crippen LogP contribution in [0.25, 0.3) is 0 Å². The van der Waals surface area contributed by atoms with Crippen molar-refractivity contribution in [3.8, 4) is 0 Å². The molecule has 1 aliphatic rings. The lowest BCUT2D eigenvalue weighted by Crippen LogP contribution is -2.57. The first-order chi connectivity index (χ1) is 13.3. The lowest BCUT2D eigenvalue weighted by Gasteiger charge is -2.41. The van der Waals surface area contributed by atoms with Gasteiger partial charge in [0.1, 0.15) is 18.3 Å². The Bertz CT molecular complexity index is 655. The van der Waals surface area contributed by atoms with E-state index in [0.29, 0.717) is 13.0 Å². The molecule has 0 amide bonds. The highest BCUT2D eigenvalue weighted by atomic mass is 28.4. The van der Waals surface area contributed by atoms with E-state index in [1.165, 1.54) is 5.19 Å². The third-order valence-electron chi connectivity index (χ3n) is 6.39. The van der Waals surface area contributed by atoms with Crippen molar-refractivity contribution in [3.05, 3.63) is 30.3 Å². The van der Waals surface area contributed by atoms with E-state index in [9.17, 15) is 5.11 Å². The van der Waals surface area contributed by atoms with Crippen LogP contribution in [0.5, 0.6) is 0 Å². The molecule has 0 radical (unpaired) electrons. The molecule has 2 rings (SSSR count). The maximum atomic E-state index is 10.9. The van der Waals surface area contributed by atoms with Gasteiger partial charge in [-0.1, -0.05) is 58.0 Å². The Hall–Kier alpha value is -0.763. The minimum atomic E-state index is -2.31. The van der Waals surface area contributed by atoms with Crippen molar-refractivity contribution in [3.63, 3.8) is 0 Å². The van der Waals surface area contributed by atoms with E-state index in [-0.39, 0.29) is 11.1 Å². The number of hydrogen-bond acceptors (Lipinski definition) is 5. The summed E-state index contributed by atoms with van der Waals surface area (Å²) in [4.78, 5) is 0. The Labute approximate surface area is 177 Å². The number of methoxy groups -OCH3 is 1. The fourth-order valence-corrected chi connectivity index (χ4v) is 6.72. The Morgan fingerprint density at radius 3 is 2.21 bits per heavy atom. The van der Waals surface area contributed by atoms with E-state index < -0.39 is 31.9 Å². The summed E-state index contributed by atoms with van der Waals surface area (Å²) in [7, 11) is -0.698. The van der Waals surface area contributed by atoms with Gasteiger partial charge in [-0.2, -0.15) is 0 Å². The average molecular weight is 425 g/mol. The zero-order chi connectivity index (χ0) is 22.1. The molecule has 1 aliphatic heterocycles. The van der Waals surface area contributed by atoms with Crippen LogP contribution in [0.3, 0.4) is 0 Å². The lowest BCUT2D eigenvalue weighted by molar-refractivity contribution is -0.181. The monoisotopic (exact) mass is 424 g/mol. The Morgan fingerprint density at radius 2 is 1.72 bits per heavy atom. The summed E-state index contributed by atoms with van der Waals surface area (Å²) < 4.78 is 24.8. The highest BCUT2D eigenvalue weighted by molar-refractivity contribution is 6.87. The average Bonchev–Trinajstić information content (AvgIpc) is 2.94. The van der Waals surface area contributed by atoms with E-state index in [1.807, 2.05) is 26.8 Å². The molecule has 1 aromatic carbocycles. The number of ether oxygens (including phenoxy) is 3. The van der Waals surface area contributed by atoms with E-state index in [1.54, 1.807) is 14.0 Å². The topological polar surface area (TPSA) is 57.2 Å². The maximum Gasteiger partial charge on any atom is 0.226 e. The van der Waals surface area contributed by atoms with Crippen molar-refractivity contribution >= 4 is 13.5 Å². The van der Waals surface area contributed by atoms with Crippen LogP contribution >= 0.6 is 0 Å². The van der Waals surface area contributed by atoms with Gasteiger partial charge in [-0.15, -0.1) is 0 Å². The van der Waals surface area contributed by atoms with Crippen LogP contribution in [-0.4, -0.2) is 56.8 Å². The van der Waals surface area contributed by atoms with Crippen molar-refractivity contribution in [2.45, 2.75) is 96.2 Å². The molecule has 1 fully saturated rings. The molecule has 166 valence electrons. The first kappa shape index (κ1) is 24.5. The third-order valence-corrected chi connectivity index (χ3v) is 11.4. The third kappa shape index (κ3) is 5.30. The predicted octanol–water partition coefficient (Wildman–Crippen LogP) is 3.98. The summed E-state index contributed by atoms with van der Waals surface area (Å²) in [6.45, 7) is 16.9. The summed E-state index contributed by atoms with van der Waals surface area (Å²) in [6, 6.07) is 10.5. The van der Waals surface area contributed by atoms with Crippen LogP contribution in [0.1, 0.15) is 54.9 Å². The van der Waals surface area contributed by atoms with Crippen LogP contribution in [-0.2, 0) is 18.6 Å². The van der Waals surface area contributed by atoms with Crippen LogP contribution < -0.4 is 5.19 Å². The summed E-state index contributed by atoms with van der Waals surface area (Å²) in [6.07, 6.45) is -0.704. The summed E-state index contributed by atoms with van der Waals surface area (Å²) >= 11 is 0. The molecule has 1 unspecified atom stereocenters. The van der Waals surface area contributed by atoms with Gasteiger partial charge in [0.05, 0.1) is 12.2 Å². The molecule has 0 saturated carbocycles. The highest BCUT2D eigenvalue weighted by Gasteiger charge is 2.52. The van der Waals surface area contributed by atoms with E-state index in [4.69, 9.17) is 18.6 Å². The zero-order valence-electron chi connectivity index (χ0n) is 19.6. The van der Waals surface area contributed by atoms with Gasteiger partial charge < -0.3 is 23.7 Å². The van der Waals surface area contributed by atoms with Gasteiger partial charge in [-0.25, -0.2) is 0 Å². The van der Waals surface area contributed by atoms with Crippen LogP contribution in [0, 0.1) is 0 Å². The number of benzene rings is 1. The second kappa shape index (κ2) is 8.77. The van der Waals surface area contributed by atoms with E-state index >= 15 is 0 Å². The minimum absolute atomic E-state index is 0.00556. The predicted molar refractivity (Wildman–Crippen MR) is 119 cm³/mol. The lowest BCUT2D eigenvalue weighted by atomic mass is 9.89. The molecule has 1 saturated heterocycles. The van der Waals surface area contributed by atoms with Crippen molar-refractivity contribution in [2.24, 2.45) is 0 Å². The van der Waals surface area contributed by atoms with Gasteiger partial charge in [0.25, 0.3) is 0 Å². The summed E-state index contributed by atoms with van der Waals surface area (Å²) in [5, 5.41) is 12.1. The first-order valence-electron chi connectivity index (χ1n) is 10.6. The molecular formula is C23H40O5Si. The minimum Gasteiger partial charge on any atom is -0.409 e. The molecule has 29 heavy (non-hydrogen) atoms. The summed E-state index contributed by atoms with van der Waals surface area (Å²) in [5.74, 6) is -0.758. The summed E-state index contributed by atoms with van der Waals surface area (Å²) in [5.41, 5.74) is -1.02. The molecule has 0 spiro atoms. The molecule has 1 N–H and O–H groups in total. The van der Waals surface area contributed by atoms with Gasteiger partial charge in [0, 0.05) is 7.11 Å². The van der Waals surface area contributed by atoms with Gasteiger partial charge in [0.2, 0.25) is 8.32 Å². The second-order valence-electron chi connectivity index (χ2n) is 9.97. The molecule has 5 atom stereocenters. The second-order valence-corrected chi connectivity index (χ2v) is 14.4. The standard InChI is InChI=1S/C23H40O5Si/c1-10-23(7,24)20(25-8)19-18(27-22(5,6)28-19)16-26-29(9,21(2,3)4)17-14-12-11-13-15-17/h11-15,18-20,24H,10,16H2,1-9H3/t18-,19-,20+,23-,29?/m0/s1. The molecule has 6 heteroatoms. The smallest absolute Gasteiger partial charge is 0.226 e. The Balaban J connectivity index is 2.29. The van der Waals surface area contributed by atoms with Gasteiger partial charge in [-0.05, 0) is 44.0 Å². The quantitative estimate of drug-likeness (QED) is 0.640. The van der Waals surface area contributed by atoms with E-state index in [2.05, 4.69) is 51.6 Å². The fraction of sp³-hybridized carbons (Fsp3) is 0.739. The molecule has 5 nitrogen and oxygen atoms in total. The van der Waals surface area contributed by atoms with Crippen LogP contribution in [0.4, 0.5) is 0 Å². The number of aliphatic hydroxyl groups is 1. The van der Waals surface area contributed by atoms with E-state index in [0.717, 1.165) is 0 Å². The highest BCUT2D eigenvalue weighted by Crippen LogP contribution is 2.39. The SMILES string of the molecule is CC[C@](C)(O)[C@H](OC)[C@H]1OC(C)(C)O[C@H]1CO[Si](C)(c1ccccc1)C(C)(C)C. The van der Waals surface area contributed by atoms with Gasteiger partial charge in [0.15, 0.2) is 5.79 Å². The number of rotatable bonds is 8. The zero-order valence-corrected chi connectivity index (χ0v) is 20.6. The molecule has 1 aromatic rings. The molecular weight excluding hydrogens is 384 g/mol. The Morgan fingerprint density at radius 1 is 1.14 bits per heavy atom.